The molecule has 54 heavy (non-hydrogen) atoms. The molecule has 10 aromatic carbocycles. The lowest BCUT2D eigenvalue weighted by molar-refractivity contribution is 1.21. The van der Waals surface area contributed by atoms with Crippen LogP contribution in [-0.2, 0) is 0 Å². The highest BCUT2D eigenvalue weighted by atomic mass is 15.0. The molecule has 2 heteroatoms. The molecule has 0 N–H and O–H groups in total. The molecular weight excluding hydrogens is 653 g/mol. The minimum atomic E-state index is 1.20. The Morgan fingerprint density at radius 3 is 1.09 bits per heavy atom. The van der Waals surface area contributed by atoms with Gasteiger partial charge in [-0.2, -0.15) is 0 Å². The lowest BCUT2D eigenvalue weighted by Gasteiger charge is -2.16. The van der Waals surface area contributed by atoms with Gasteiger partial charge >= 0.3 is 0 Å². The minimum absolute atomic E-state index is 1.20. The summed E-state index contributed by atoms with van der Waals surface area (Å²) in [7, 11) is 0. The molecule has 0 saturated heterocycles. The maximum absolute atomic E-state index is 2.51. The van der Waals surface area contributed by atoms with Crippen molar-refractivity contribution in [3.63, 3.8) is 0 Å². The van der Waals surface area contributed by atoms with Crippen LogP contribution in [0.15, 0.2) is 194 Å². The topological polar surface area (TPSA) is 9.86 Å². The van der Waals surface area contributed by atoms with Gasteiger partial charge in [0.15, 0.2) is 0 Å². The second-order valence-electron chi connectivity index (χ2n) is 14.5. The van der Waals surface area contributed by atoms with Crippen molar-refractivity contribution in [2.75, 3.05) is 0 Å². The standard InChI is InChI=1S/C52H32N2/c1-5-17-39-35(13-1)29-36-14-2-6-18-40(36)51(39)53-48-24-12-10-22-44(48)46-31-33(26-28-49(46)53)34-25-27-45-43-21-9-11-23-47(43)54(50(45)32-34)52-41-19-7-3-15-37(41)30-38-16-4-8-20-42(38)52/h1-32H. The first kappa shape index (κ1) is 29.4. The second-order valence-corrected chi connectivity index (χ2v) is 14.5. The van der Waals surface area contributed by atoms with Crippen LogP contribution in [-0.4, -0.2) is 9.13 Å². The summed E-state index contributed by atoms with van der Waals surface area (Å²) in [5, 5.41) is 15.0. The maximum Gasteiger partial charge on any atom is 0.0618 e. The molecule has 0 aliphatic rings. The monoisotopic (exact) mass is 684 g/mol. The predicted octanol–water partition coefficient (Wildman–Crippen LogP) is 14.2. The Bertz CT molecular complexity index is 3400. The van der Waals surface area contributed by atoms with Gasteiger partial charge in [-0.1, -0.05) is 152 Å². The quantitative estimate of drug-likeness (QED) is 0.164. The molecule has 2 heterocycles. The minimum Gasteiger partial charge on any atom is -0.308 e. The van der Waals surface area contributed by atoms with Crippen LogP contribution in [0.4, 0.5) is 0 Å². The van der Waals surface area contributed by atoms with E-state index in [0.29, 0.717) is 0 Å². The molecule has 2 nitrogen and oxygen atoms in total. The van der Waals surface area contributed by atoms with Gasteiger partial charge in [0.2, 0.25) is 0 Å². The van der Waals surface area contributed by atoms with Crippen LogP contribution in [0.3, 0.4) is 0 Å². The van der Waals surface area contributed by atoms with Crippen LogP contribution in [0.1, 0.15) is 0 Å². The number of fused-ring (bicyclic) bond motifs is 10. The highest BCUT2D eigenvalue weighted by Gasteiger charge is 2.20. The summed E-state index contributed by atoms with van der Waals surface area (Å²) in [5.74, 6) is 0. The predicted molar refractivity (Wildman–Crippen MR) is 231 cm³/mol. The third-order valence-electron chi connectivity index (χ3n) is 11.6. The summed E-state index contributed by atoms with van der Waals surface area (Å²) in [6.45, 7) is 0. The Kier molecular flexibility index (Phi) is 6.09. The highest BCUT2D eigenvalue weighted by Crippen LogP contribution is 2.42. The normalized spacial score (nSPS) is 12.1. The molecule has 12 rings (SSSR count). The summed E-state index contributed by atoms with van der Waals surface area (Å²) >= 11 is 0. The van der Waals surface area contributed by atoms with E-state index in [0.717, 1.165) is 0 Å². The summed E-state index contributed by atoms with van der Waals surface area (Å²) < 4.78 is 5.00. The molecule has 0 saturated carbocycles. The van der Waals surface area contributed by atoms with Gasteiger partial charge in [0, 0.05) is 43.1 Å². The van der Waals surface area contributed by atoms with E-state index < -0.39 is 0 Å². The smallest absolute Gasteiger partial charge is 0.0618 e. The van der Waals surface area contributed by atoms with Gasteiger partial charge in [0.25, 0.3) is 0 Å². The fourth-order valence-corrected chi connectivity index (χ4v) is 9.25. The SMILES string of the molecule is c1ccc2c(-n3c4ccccc4c4cc(-c5ccc6c7ccccc7n(-c7c8ccccc8cc8ccccc78)c6c5)ccc43)c3ccccc3cc2c1. The molecule has 250 valence electrons. The van der Waals surface area contributed by atoms with E-state index in [-0.39, 0.29) is 0 Å². The molecule has 0 aliphatic carbocycles. The number of hydrogen-bond donors (Lipinski definition) is 0. The molecule has 0 aliphatic heterocycles. The van der Waals surface area contributed by atoms with E-state index in [2.05, 4.69) is 203 Å². The Hall–Kier alpha value is -7.16. The van der Waals surface area contributed by atoms with Gasteiger partial charge < -0.3 is 9.13 Å². The van der Waals surface area contributed by atoms with Crippen LogP contribution in [0.2, 0.25) is 0 Å². The largest absolute Gasteiger partial charge is 0.308 e. The van der Waals surface area contributed by atoms with Crippen molar-refractivity contribution in [1.82, 2.24) is 9.13 Å². The number of para-hydroxylation sites is 2. The maximum atomic E-state index is 2.51. The van der Waals surface area contributed by atoms with Crippen molar-refractivity contribution < 1.29 is 0 Å². The van der Waals surface area contributed by atoms with Gasteiger partial charge in [-0.3, -0.25) is 0 Å². The summed E-state index contributed by atoms with van der Waals surface area (Å²) in [6, 6.07) is 71.6. The fourth-order valence-electron chi connectivity index (χ4n) is 9.25. The lowest BCUT2D eigenvalue weighted by Crippen LogP contribution is -1.97. The molecule has 0 spiro atoms. The average Bonchev–Trinajstić information content (AvgIpc) is 3.73. The first-order valence-electron chi connectivity index (χ1n) is 18.7. The summed E-state index contributed by atoms with van der Waals surface area (Å²) in [4.78, 5) is 0. The van der Waals surface area contributed by atoms with E-state index in [1.807, 2.05) is 0 Å². The molecule has 0 atom stereocenters. The van der Waals surface area contributed by atoms with Crippen LogP contribution in [0.5, 0.6) is 0 Å². The number of benzene rings is 10. The van der Waals surface area contributed by atoms with Gasteiger partial charge in [-0.15, -0.1) is 0 Å². The molecule has 0 bridgehead atoms. The Balaban J connectivity index is 1.14. The van der Waals surface area contributed by atoms with E-state index in [4.69, 9.17) is 0 Å². The first-order chi connectivity index (χ1) is 26.8. The molecule has 0 amide bonds. The van der Waals surface area contributed by atoms with Crippen LogP contribution in [0, 0.1) is 0 Å². The van der Waals surface area contributed by atoms with Crippen LogP contribution < -0.4 is 0 Å². The Labute approximate surface area is 311 Å². The zero-order valence-electron chi connectivity index (χ0n) is 29.4. The molecular formula is C52H32N2. The van der Waals surface area contributed by atoms with Gasteiger partial charge in [-0.05, 0) is 75.1 Å². The van der Waals surface area contributed by atoms with Crippen molar-refractivity contribution in [1.29, 1.82) is 0 Å². The van der Waals surface area contributed by atoms with Crippen molar-refractivity contribution >= 4 is 86.7 Å². The number of nitrogens with zero attached hydrogens (tertiary/aromatic N) is 2. The zero-order valence-corrected chi connectivity index (χ0v) is 29.4. The number of rotatable bonds is 3. The third kappa shape index (κ3) is 4.11. The van der Waals surface area contributed by atoms with Crippen LogP contribution in [0.25, 0.3) is 109 Å². The van der Waals surface area contributed by atoms with Crippen molar-refractivity contribution in [2.45, 2.75) is 0 Å². The van der Waals surface area contributed by atoms with Crippen LogP contribution >= 0.6 is 0 Å². The molecule has 12 aromatic rings. The Morgan fingerprint density at radius 1 is 0.222 bits per heavy atom. The van der Waals surface area contributed by atoms with E-state index >= 15 is 0 Å². The van der Waals surface area contributed by atoms with Gasteiger partial charge in [0.05, 0.1) is 33.4 Å². The lowest BCUT2D eigenvalue weighted by atomic mass is 9.99. The molecule has 0 radical (unpaired) electrons. The molecule has 0 unspecified atom stereocenters. The third-order valence-corrected chi connectivity index (χ3v) is 11.6. The average molecular weight is 685 g/mol. The van der Waals surface area contributed by atoms with Gasteiger partial charge in [0.1, 0.15) is 0 Å². The van der Waals surface area contributed by atoms with E-state index in [1.54, 1.807) is 0 Å². The van der Waals surface area contributed by atoms with E-state index in [1.165, 1.54) is 109 Å². The highest BCUT2D eigenvalue weighted by molar-refractivity contribution is 6.17. The first-order valence-corrected chi connectivity index (χ1v) is 18.7. The summed E-state index contributed by atoms with van der Waals surface area (Å²) in [5.41, 5.74) is 9.71. The number of aromatic nitrogens is 2. The van der Waals surface area contributed by atoms with Crippen molar-refractivity contribution in [3.05, 3.63) is 194 Å². The molecule has 2 aromatic heterocycles. The van der Waals surface area contributed by atoms with Gasteiger partial charge in [-0.25, -0.2) is 0 Å². The summed E-state index contributed by atoms with van der Waals surface area (Å²) in [6.07, 6.45) is 0. The number of hydrogen-bond acceptors (Lipinski definition) is 0. The van der Waals surface area contributed by atoms with Crippen molar-refractivity contribution in [2.24, 2.45) is 0 Å². The second kappa shape index (κ2) is 11.2. The van der Waals surface area contributed by atoms with E-state index in [9.17, 15) is 0 Å². The zero-order chi connectivity index (χ0) is 35.3. The van der Waals surface area contributed by atoms with Crippen molar-refractivity contribution in [3.8, 4) is 22.5 Å². The molecule has 0 fully saturated rings. The Morgan fingerprint density at radius 2 is 0.574 bits per heavy atom. The fraction of sp³-hybridized carbons (Fsp3) is 0.